The molecule has 8 heteroatoms. The van der Waals surface area contributed by atoms with Crippen LogP contribution in [0.15, 0.2) is 24.3 Å². The lowest BCUT2D eigenvalue weighted by Gasteiger charge is -2.31. The van der Waals surface area contributed by atoms with E-state index < -0.39 is 29.7 Å². The summed E-state index contributed by atoms with van der Waals surface area (Å²) in [6.07, 6.45) is 4.80. The molecule has 0 saturated heterocycles. The second-order valence-corrected chi connectivity index (χ2v) is 8.31. The van der Waals surface area contributed by atoms with E-state index in [0.29, 0.717) is 5.92 Å². The zero-order valence-corrected chi connectivity index (χ0v) is 19.7. The Labute approximate surface area is 190 Å². The first kappa shape index (κ1) is 26.3. The van der Waals surface area contributed by atoms with Gasteiger partial charge in [-0.15, -0.1) is 0 Å². The molecular formula is C24H36O8. The van der Waals surface area contributed by atoms with E-state index in [2.05, 4.69) is 19.1 Å². The molecule has 0 bridgehead atoms. The average molecular weight is 453 g/mol. The lowest BCUT2D eigenvalue weighted by Crippen LogP contribution is -2.38. The van der Waals surface area contributed by atoms with Crippen molar-refractivity contribution in [3.05, 3.63) is 35.4 Å². The number of esters is 2. The molecule has 1 saturated carbocycles. The first-order valence-electron chi connectivity index (χ1n) is 11.0. The fourth-order valence-electron chi connectivity index (χ4n) is 4.55. The molecule has 2 unspecified atom stereocenters. The summed E-state index contributed by atoms with van der Waals surface area (Å²) in [6.45, 7) is 2.10. The molecule has 1 aromatic rings. The molecule has 0 aromatic heterocycles. The standard InChI is InChI=1S/C24H36O8/c1-16-6-8-17(9-7-16)18-10-12-19(13-11-18)22(20(14-31-29-4)23(25)27-2)21(15-32-30-5)24(26)28-3/h10-13,16-17,20-22H,6-9,14-15H2,1-5H3. The summed E-state index contributed by atoms with van der Waals surface area (Å²) in [5.74, 6) is -2.04. The molecule has 0 amide bonds. The minimum Gasteiger partial charge on any atom is -0.469 e. The van der Waals surface area contributed by atoms with Gasteiger partial charge in [-0.2, -0.15) is 0 Å². The van der Waals surface area contributed by atoms with Crippen LogP contribution in [0.2, 0.25) is 0 Å². The van der Waals surface area contributed by atoms with Crippen molar-refractivity contribution < 1.29 is 38.6 Å². The number of carbonyl (C=O) groups excluding carboxylic acids is 2. The fourth-order valence-corrected chi connectivity index (χ4v) is 4.55. The summed E-state index contributed by atoms with van der Waals surface area (Å²) in [4.78, 5) is 45.0. The van der Waals surface area contributed by atoms with Crippen molar-refractivity contribution in [1.29, 1.82) is 0 Å². The molecule has 0 spiro atoms. The molecule has 1 aliphatic rings. The Morgan fingerprint density at radius 1 is 0.812 bits per heavy atom. The topological polar surface area (TPSA) is 89.5 Å². The second-order valence-electron chi connectivity index (χ2n) is 8.31. The average Bonchev–Trinajstić information content (AvgIpc) is 2.83. The second kappa shape index (κ2) is 13.5. The van der Waals surface area contributed by atoms with Gasteiger partial charge in [0.15, 0.2) is 0 Å². The molecule has 1 fully saturated rings. The summed E-state index contributed by atoms with van der Waals surface area (Å²) >= 11 is 0. The Morgan fingerprint density at radius 3 is 1.69 bits per heavy atom. The molecule has 0 aliphatic heterocycles. The molecular weight excluding hydrogens is 416 g/mol. The molecule has 2 rings (SSSR count). The smallest absolute Gasteiger partial charge is 0.311 e. The van der Waals surface area contributed by atoms with Gasteiger partial charge in [-0.05, 0) is 35.8 Å². The largest absolute Gasteiger partial charge is 0.469 e. The zero-order chi connectivity index (χ0) is 23.5. The van der Waals surface area contributed by atoms with Crippen molar-refractivity contribution in [1.82, 2.24) is 0 Å². The number of ether oxygens (including phenoxy) is 2. The fraction of sp³-hybridized carbons (Fsp3) is 0.667. The predicted molar refractivity (Wildman–Crippen MR) is 116 cm³/mol. The zero-order valence-electron chi connectivity index (χ0n) is 19.7. The molecule has 1 aromatic carbocycles. The van der Waals surface area contributed by atoms with Gasteiger partial charge in [0, 0.05) is 5.92 Å². The van der Waals surface area contributed by atoms with Crippen molar-refractivity contribution in [2.45, 2.75) is 44.4 Å². The molecule has 8 nitrogen and oxygen atoms in total. The summed E-state index contributed by atoms with van der Waals surface area (Å²) < 4.78 is 10.0. The number of methoxy groups -OCH3 is 2. The lowest BCUT2D eigenvalue weighted by molar-refractivity contribution is -0.288. The lowest BCUT2D eigenvalue weighted by atomic mass is 9.75. The Morgan fingerprint density at radius 2 is 1.28 bits per heavy atom. The van der Waals surface area contributed by atoms with Gasteiger partial charge in [0.2, 0.25) is 0 Å². The number of hydrogen-bond acceptors (Lipinski definition) is 8. The van der Waals surface area contributed by atoms with E-state index in [0.717, 1.165) is 11.5 Å². The maximum Gasteiger partial charge on any atom is 0.311 e. The minimum absolute atomic E-state index is 0.101. The highest BCUT2D eigenvalue weighted by atomic mass is 17.2. The van der Waals surface area contributed by atoms with Crippen molar-refractivity contribution in [3.63, 3.8) is 0 Å². The third-order valence-electron chi connectivity index (χ3n) is 6.41. The van der Waals surface area contributed by atoms with Crippen molar-refractivity contribution in [2.24, 2.45) is 17.8 Å². The van der Waals surface area contributed by atoms with Gasteiger partial charge < -0.3 is 9.47 Å². The van der Waals surface area contributed by atoms with Gasteiger partial charge in [0.05, 0.1) is 53.5 Å². The molecule has 0 N–H and O–H groups in total. The summed E-state index contributed by atoms with van der Waals surface area (Å²) in [7, 11) is 5.31. The van der Waals surface area contributed by atoms with Gasteiger partial charge in [-0.1, -0.05) is 44.0 Å². The minimum atomic E-state index is -0.828. The van der Waals surface area contributed by atoms with Crippen molar-refractivity contribution in [3.8, 4) is 0 Å². The highest BCUT2D eigenvalue weighted by molar-refractivity contribution is 5.78. The third kappa shape index (κ3) is 7.00. The maximum atomic E-state index is 12.7. The van der Waals surface area contributed by atoms with Crippen LogP contribution in [0.1, 0.15) is 55.6 Å². The van der Waals surface area contributed by atoms with Gasteiger partial charge >= 0.3 is 11.9 Å². The molecule has 180 valence electrons. The highest BCUT2D eigenvalue weighted by Crippen LogP contribution is 2.38. The van der Waals surface area contributed by atoms with E-state index in [1.807, 2.05) is 12.1 Å². The van der Waals surface area contributed by atoms with Crippen LogP contribution in [0.3, 0.4) is 0 Å². The summed E-state index contributed by atoms with van der Waals surface area (Å²) in [6, 6.07) is 8.09. The highest BCUT2D eigenvalue weighted by Gasteiger charge is 2.41. The Kier molecular flexibility index (Phi) is 11.1. The number of hydrogen-bond donors (Lipinski definition) is 0. The van der Waals surface area contributed by atoms with E-state index in [9.17, 15) is 9.59 Å². The van der Waals surface area contributed by atoms with Crippen LogP contribution in [-0.2, 0) is 38.6 Å². The van der Waals surface area contributed by atoms with Gasteiger partial charge in [-0.25, -0.2) is 19.6 Å². The van der Waals surface area contributed by atoms with E-state index in [-0.39, 0.29) is 13.2 Å². The Balaban J connectivity index is 2.41. The first-order chi connectivity index (χ1) is 15.5. The predicted octanol–water partition coefficient (Wildman–Crippen LogP) is 3.80. The number of rotatable bonds is 12. The first-order valence-corrected chi connectivity index (χ1v) is 11.0. The Bertz CT molecular complexity index is 668. The Hall–Kier alpha value is -2.00. The quantitative estimate of drug-likeness (QED) is 0.269. The van der Waals surface area contributed by atoms with Crippen LogP contribution in [0.4, 0.5) is 0 Å². The third-order valence-corrected chi connectivity index (χ3v) is 6.41. The van der Waals surface area contributed by atoms with Gasteiger partial charge in [0.1, 0.15) is 0 Å². The summed E-state index contributed by atoms with van der Waals surface area (Å²) in [5.41, 5.74) is 2.05. The normalized spacial score (nSPS) is 21.4. The molecule has 0 radical (unpaired) electrons. The van der Waals surface area contributed by atoms with Crippen molar-refractivity contribution >= 4 is 11.9 Å². The maximum absolute atomic E-state index is 12.7. The number of carbonyl (C=O) groups is 2. The van der Waals surface area contributed by atoms with Crippen LogP contribution in [0, 0.1) is 17.8 Å². The van der Waals surface area contributed by atoms with Crippen molar-refractivity contribution in [2.75, 3.05) is 41.7 Å². The van der Waals surface area contributed by atoms with Crippen LogP contribution >= 0.6 is 0 Å². The molecule has 1 aliphatic carbocycles. The molecule has 2 atom stereocenters. The monoisotopic (exact) mass is 452 g/mol. The van der Waals surface area contributed by atoms with Crippen LogP contribution in [-0.4, -0.2) is 53.6 Å². The molecule has 32 heavy (non-hydrogen) atoms. The van der Waals surface area contributed by atoms with Gasteiger partial charge in [-0.3, -0.25) is 9.59 Å². The number of benzene rings is 1. The molecule has 0 heterocycles. The van der Waals surface area contributed by atoms with Crippen LogP contribution in [0.25, 0.3) is 0 Å². The van der Waals surface area contributed by atoms with Crippen LogP contribution in [0.5, 0.6) is 0 Å². The van der Waals surface area contributed by atoms with Crippen LogP contribution < -0.4 is 0 Å². The summed E-state index contributed by atoms with van der Waals surface area (Å²) in [5, 5.41) is 0. The van der Waals surface area contributed by atoms with E-state index in [1.54, 1.807) is 0 Å². The van der Waals surface area contributed by atoms with E-state index >= 15 is 0 Å². The van der Waals surface area contributed by atoms with E-state index in [1.165, 1.54) is 59.7 Å². The van der Waals surface area contributed by atoms with E-state index in [4.69, 9.17) is 29.0 Å². The SMILES string of the molecule is COOCC(C(=O)OC)C(c1ccc(C2CCC(C)CC2)cc1)C(COOC)C(=O)OC. The van der Waals surface area contributed by atoms with Gasteiger partial charge in [0.25, 0.3) is 0 Å².